The van der Waals surface area contributed by atoms with Crippen LogP contribution in [0, 0.1) is 82.9 Å². The van der Waals surface area contributed by atoms with Gasteiger partial charge in [0.15, 0.2) is 31.0 Å². The van der Waals surface area contributed by atoms with Crippen molar-refractivity contribution in [3.05, 3.63) is 327 Å². The van der Waals surface area contributed by atoms with Crippen LogP contribution in [0.3, 0.4) is 0 Å². The van der Waals surface area contributed by atoms with Crippen LogP contribution < -0.4 is 22.8 Å². The average molecular weight is 1560 g/mol. The van der Waals surface area contributed by atoms with Crippen molar-refractivity contribution >= 4 is 110 Å². The highest BCUT2D eigenvalue weighted by molar-refractivity contribution is 6.15. The lowest BCUT2D eigenvalue weighted by Crippen LogP contribution is -2.31. The summed E-state index contributed by atoms with van der Waals surface area (Å²) in [6, 6.07) is 73.2. The minimum Gasteiger partial charge on any atom is -0.455 e. The number of hydrogen-bond acceptors (Lipinski definition) is 5. The number of aromatic nitrogens is 5. The Morgan fingerprint density at radius 2 is 0.619 bits per heavy atom. The van der Waals surface area contributed by atoms with Crippen LogP contribution in [0.25, 0.3) is 166 Å². The monoisotopic (exact) mass is 1560 g/mol. The summed E-state index contributed by atoms with van der Waals surface area (Å²) < 4.78 is 119. The van der Waals surface area contributed by atoms with Gasteiger partial charge in [0.25, 0.3) is 0 Å². The second kappa shape index (κ2) is 31.9. The van der Waals surface area contributed by atoms with E-state index in [0.717, 1.165) is 144 Å². The number of fused-ring (bicyclic) bond motifs is 15. The van der Waals surface area contributed by atoms with Crippen LogP contribution in [0.4, 0.5) is 0 Å². The highest BCUT2D eigenvalue weighted by atomic mass is 16.3. The van der Waals surface area contributed by atoms with E-state index in [4.69, 9.17) is 35.8 Å². The van der Waals surface area contributed by atoms with Gasteiger partial charge in [-0.15, -0.1) is 0 Å². The first-order valence-electron chi connectivity index (χ1n) is 45.2. The molecule has 20 rings (SSSR count). The zero-order chi connectivity index (χ0) is 91.4. The van der Waals surface area contributed by atoms with Gasteiger partial charge in [0.05, 0.1) is 27.8 Å². The molecule has 10 heterocycles. The Bertz CT molecular complexity index is 7800. The lowest BCUT2D eigenvalue weighted by Gasteiger charge is -2.10. The van der Waals surface area contributed by atoms with E-state index in [-0.39, 0.29) is 0 Å². The van der Waals surface area contributed by atoms with E-state index in [1.54, 1.807) is 30.6 Å². The zero-order valence-corrected chi connectivity index (χ0v) is 70.5. The molecule has 1 atom stereocenters. The first-order valence-corrected chi connectivity index (χ1v) is 40.2. The van der Waals surface area contributed by atoms with Crippen molar-refractivity contribution in [2.45, 2.75) is 122 Å². The fourth-order valence-corrected chi connectivity index (χ4v) is 17.0. The van der Waals surface area contributed by atoms with Crippen molar-refractivity contribution < 1.29 is 58.6 Å². The van der Waals surface area contributed by atoms with E-state index < -0.39 is 26.4 Å². The Labute approximate surface area is 705 Å². The van der Waals surface area contributed by atoms with Gasteiger partial charge in [-0.25, -0.2) is 22.8 Å². The molecule has 0 aliphatic heterocycles. The van der Waals surface area contributed by atoms with Crippen LogP contribution in [-0.2, 0) is 35.2 Å². The Kier molecular flexibility index (Phi) is 18.1. The zero-order valence-electron chi connectivity index (χ0n) is 80.5. The summed E-state index contributed by atoms with van der Waals surface area (Å²) in [6.07, 6.45) is 9.53. The summed E-state index contributed by atoms with van der Waals surface area (Å²) in [6.45, 7) is 20.2. The molecule has 1 unspecified atom stereocenters. The molecule has 0 amide bonds. The van der Waals surface area contributed by atoms with E-state index in [9.17, 15) is 0 Å². The Morgan fingerprint density at radius 1 is 0.271 bits per heavy atom. The lowest BCUT2D eigenvalue weighted by atomic mass is 9.95. The van der Waals surface area contributed by atoms with Gasteiger partial charge in [-0.1, -0.05) is 167 Å². The predicted octanol–water partition coefficient (Wildman–Crippen LogP) is 26.3. The summed E-state index contributed by atoms with van der Waals surface area (Å²) in [5, 5.41) is 11.2. The second-order valence-corrected chi connectivity index (χ2v) is 32.1. The number of hydrogen-bond donors (Lipinski definition) is 0. The molecule has 0 radical (unpaired) electrons. The van der Waals surface area contributed by atoms with Crippen LogP contribution >= 0.6 is 0 Å². The summed E-state index contributed by atoms with van der Waals surface area (Å²) in [5.41, 5.74) is 33.3. The topological polar surface area (TPSA) is 85.1 Å². The molecule has 10 nitrogen and oxygen atoms in total. The molecule has 10 aromatic carbocycles. The molecular formula is C108H106N5O5+5. The largest absolute Gasteiger partial charge is 0.455 e. The quantitative estimate of drug-likeness (QED) is 0.148. The Hall–Kier alpha value is -13.1. The van der Waals surface area contributed by atoms with Gasteiger partial charge >= 0.3 is 0 Å². The van der Waals surface area contributed by atoms with Crippen molar-refractivity contribution in [1.82, 2.24) is 0 Å². The summed E-state index contributed by atoms with van der Waals surface area (Å²) >= 11 is 0. The smallest absolute Gasteiger partial charge is 0.216 e. The maximum atomic E-state index is 8.46. The fraction of sp³-hybridized carbons (Fsp3) is 0.213. The molecule has 588 valence electrons. The molecule has 118 heavy (non-hydrogen) atoms. The summed E-state index contributed by atoms with van der Waals surface area (Å²) in [7, 11) is 9.87. The SMILES string of the molecule is Cc1cc(-c2c(C)cc(C)c3c2oc2ccccc23)[n+](C)cc1C.Cc1cc(C)c2c(oc3ccccc32)c1-c1cc(C(C)C)cc[n+]1C.[2H]C([2H])([2H])C([2H])(C)c1cc[n+](C)c(-c2c(C)ccc3c2oc2ccccc23)c1.[2H]C([2H])([2H])c1c[n+](C)c(-c2c(C)ccc3c2oc2ccccc23)cc1C.[2H]C([2H])([2H])c1ccc(-c2c(C)ccc3c2oc2ccccc23)[n+](C)c1. The molecule has 0 saturated carbocycles. The fourth-order valence-electron chi connectivity index (χ4n) is 17.0. The normalized spacial score (nSPS) is 13.7. The molecule has 10 aromatic heterocycles. The highest BCUT2D eigenvalue weighted by Gasteiger charge is 2.29. The molecule has 0 spiro atoms. The number of furan rings is 5. The van der Waals surface area contributed by atoms with E-state index in [0.29, 0.717) is 22.6 Å². The highest BCUT2D eigenvalue weighted by Crippen LogP contribution is 2.44. The molecule has 10 heteroatoms. The van der Waals surface area contributed by atoms with Crippen LogP contribution in [0.15, 0.2) is 271 Å². The maximum Gasteiger partial charge on any atom is 0.216 e. The first kappa shape index (κ1) is 67.2. The van der Waals surface area contributed by atoms with Crippen LogP contribution in [-0.4, -0.2) is 0 Å². The van der Waals surface area contributed by atoms with Crippen molar-refractivity contribution in [1.29, 1.82) is 0 Å². The molecular weight excluding hydrogens is 1450 g/mol. The van der Waals surface area contributed by atoms with Crippen molar-refractivity contribution in [2.75, 3.05) is 0 Å². The number of pyridine rings is 5. The van der Waals surface area contributed by atoms with Gasteiger partial charge in [-0.05, 0) is 192 Å². The van der Waals surface area contributed by atoms with Crippen LogP contribution in [0.5, 0.6) is 0 Å². The third kappa shape index (κ3) is 14.5. The van der Waals surface area contributed by atoms with Crippen molar-refractivity contribution in [3.8, 4) is 56.3 Å². The van der Waals surface area contributed by atoms with Crippen LogP contribution in [0.1, 0.15) is 131 Å². The van der Waals surface area contributed by atoms with Gasteiger partial charge in [0, 0.05) is 127 Å². The standard InChI is InChI=1S/C23H24NO.2C22H22NO.C21H20NO.C20H18NO/c1-14(2)17-10-11-24(5)19(13-17)22-16(4)12-15(3)21-18-8-6-7-9-20(18)25-23(21)22;1-13-11-18(23(5)12-16(13)4)21-15(3)10-14(2)20-17-8-6-7-9-19(17)24-22(20)21;1-14(2)16-11-12-23(4)19(13-16)21-15(3)9-10-18-17-7-5-6-8-20(17)24-22(18)21;1-13-9-10-17-16-7-5-6-8-19(16)23-21(17)20(13)18-11-14(2)15(3)12-22(18)4;1-13-8-11-17(21(3)12-13)19-14(2)9-10-16-15-6-4-5-7-18(15)22-20(16)19/h6-14H,1-5H3;6-12H,1-5H3;5-14H,1-4H3;5-12H,1-4H3;4-12H,1-3H3/q5*+1/i;;1D3,14D;3D3;1D3. The van der Waals surface area contributed by atoms with Crippen molar-refractivity contribution in [2.24, 2.45) is 35.2 Å². The average Bonchev–Trinajstić information content (AvgIpc) is 1.59. The molecule has 0 saturated heterocycles. The minimum absolute atomic E-state index is 0.327. The predicted molar refractivity (Wildman–Crippen MR) is 487 cm³/mol. The molecule has 0 fully saturated rings. The third-order valence-corrected chi connectivity index (χ3v) is 23.4. The van der Waals surface area contributed by atoms with E-state index in [2.05, 4.69) is 207 Å². The minimum atomic E-state index is -2.43. The van der Waals surface area contributed by atoms with Crippen molar-refractivity contribution in [3.63, 3.8) is 0 Å². The van der Waals surface area contributed by atoms with Gasteiger partial charge in [0.1, 0.15) is 91.1 Å². The number of para-hydroxylation sites is 5. The molecule has 0 aliphatic rings. The summed E-state index contributed by atoms with van der Waals surface area (Å²) in [4.78, 5) is 0. The molecule has 0 bridgehead atoms. The van der Waals surface area contributed by atoms with E-state index in [1.165, 1.54) is 89.9 Å². The number of rotatable bonds is 7. The number of nitrogens with zero attached hydrogens (tertiary/aromatic N) is 5. The Balaban J connectivity index is 0.000000118. The van der Waals surface area contributed by atoms with Gasteiger partial charge < -0.3 is 22.1 Å². The van der Waals surface area contributed by atoms with Crippen LogP contribution in [0.2, 0.25) is 0 Å². The maximum absolute atomic E-state index is 8.46. The van der Waals surface area contributed by atoms with Gasteiger partial charge in [-0.2, -0.15) is 0 Å². The van der Waals surface area contributed by atoms with Gasteiger partial charge in [0.2, 0.25) is 28.5 Å². The summed E-state index contributed by atoms with van der Waals surface area (Å²) in [5.74, 6) is -1.21. The molecule has 0 aliphatic carbocycles. The lowest BCUT2D eigenvalue weighted by molar-refractivity contribution is -0.660. The number of aryl methyl sites for hydroxylation is 17. The molecule has 0 N–H and O–H groups in total. The third-order valence-electron chi connectivity index (χ3n) is 23.4. The van der Waals surface area contributed by atoms with E-state index >= 15 is 0 Å². The van der Waals surface area contributed by atoms with E-state index in [1.807, 2.05) is 153 Å². The number of benzene rings is 10. The first-order chi connectivity index (χ1) is 60.7. The second-order valence-electron chi connectivity index (χ2n) is 32.1. The van der Waals surface area contributed by atoms with Gasteiger partial charge in [-0.3, -0.25) is 0 Å². The Morgan fingerprint density at radius 3 is 1.03 bits per heavy atom. The molecule has 20 aromatic rings.